The summed E-state index contributed by atoms with van der Waals surface area (Å²) >= 11 is 7.09. The van der Waals surface area contributed by atoms with E-state index >= 15 is 0 Å². The molecule has 0 bridgehead atoms. The summed E-state index contributed by atoms with van der Waals surface area (Å²) in [5.41, 5.74) is 8.36. The predicted molar refractivity (Wildman–Crippen MR) is 218 cm³/mol. The molecule has 272 valence electrons. The molecule has 0 fully saturated rings. The molecule has 6 aromatic rings. The first-order valence-electron chi connectivity index (χ1n) is 16.1. The second kappa shape index (κ2) is 18.5. The van der Waals surface area contributed by atoms with Crippen molar-refractivity contribution in [3.63, 3.8) is 0 Å². The van der Waals surface area contributed by atoms with E-state index in [9.17, 15) is 0 Å². The van der Waals surface area contributed by atoms with Crippen LogP contribution in [0.1, 0.15) is 11.1 Å². The zero-order valence-electron chi connectivity index (χ0n) is 30.5. The molecule has 14 heteroatoms. The van der Waals surface area contributed by atoms with E-state index in [0.29, 0.717) is 0 Å². The van der Waals surface area contributed by atoms with Gasteiger partial charge in [0, 0.05) is 22.6 Å². The zero-order valence-corrected chi connectivity index (χ0v) is 35.2. The summed E-state index contributed by atoms with van der Waals surface area (Å²) < 4.78 is 6.68. The quantitative estimate of drug-likeness (QED) is 0.102. The summed E-state index contributed by atoms with van der Waals surface area (Å²) in [4.78, 5) is 14.2. The van der Waals surface area contributed by atoms with Gasteiger partial charge in [-0.1, -0.05) is 12.1 Å². The van der Waals surface area contributed by atoms with Gasteiger partial charge in [0.15, 0.2) is 0 Å². The Bertz CT molecular complexity index is 2060. The fourth-order valence-corrected chi connectivity index (χ4v) is 9.33. The number of amidine groups is 2. The largest absolute Gasteiger partial charge is 1.00 e. The number of azo groups is 1. The molecular formula is C38H42Cl2N8S4. The third-order valence-electron chi connectivity index (χ3n) is 7.68. The van der Waals surface area contributed by atoms with E-state index in [2.05, 4.69) is 146 Å². The highest BCUT2D eigenvalue weighted by molar-refractivity contribution is 8.13. The van der Waals surface area contributed by atoms with Gasteiger partial charge in [0.25, 0.3) is 0 Å². The summed E-state index contributed by atoms with van der Waals surface area (Å²) in [6.07, 6.45) is 0. The first-order valence-corrected chi connectivity index (χ1v) is 19.7. The lowest BCUT2D eigenvalue weighted by Gasteiger charge is -2.10. The Hall–Kier alpha value is -3.52. The van der Waals surface area contributed by atoms with Gasteiger partial charge < -0.3 is 24.8 Å². The number of thiazole rings is 2. The van der Waals surface area contributed by atoms with Crippen molar-refractivity contribution in [1.29, 1.82) is 0 Å². The maximum atomic E-state index is 4.96. The number of fused-ring (bicyclic) bond motifs is 2. The Morgan fingerprint density at radius 1 is 0.577 bits per heavy atom. The number of hydrogen-bond acceptors (Lipinski definition) is 8. The molecule has 0 radical (unpaired) electrons. The first-order chi connectivity index (χ1) is 24.0. The Labute approximate surface area is 335 Å². The average molecular weight is 810 g/mol. The number of aromatic nitrogens is 2. The number of halogens is 2. The number of thioether (sulfide) groups is 2. The van der Waals surface area contributed by atoms with Crippen LogP contribution >= 0.6 is 46.2 Å². The van der Waals surface area contributed by atoms with Crippen molar-refractivity contribution < 1.29 is 34.0 Å². The molecule has 0 spiro atoms. The standard InChI is InChI=1S/C38H42N8S4.2ClH/c1-43(2)37(44(3)4)47-23-25-9-19-33-31(21-25)39-35(49-33)27-11-15-29(16-12-27)41-42-30-17-13-28(14-18-30)36-40-32-22-26(10-20-34(32)50-36)24-48-38(45(5)6)46(7)8;;/h9-22H,23-24H2,1-8H3;2*1H/q+2;;/p-2. The maximum Gasteiger partial charge on any atom is 0.307 e. The molecule has 52 heavy (non-hydrogen) atoms. The summed E-state index contributed by atoms with van der Waals surface area (Å²) in [5, 5.41) is 13.4. The normalized spacial score (nSPS) is 11.0. The van der Waals surface area contributed by atoms with Crippen molar-refractivity contribution in [2.45, 2.75) is 11.5 Å². The summed E-state index contributed by atoms with van der Waals surface area (Å²) in [6.45, 7) is 0. The van der Waals surface area contributed by atoms with Crippen LogP contribution in [0, 0.1) is 0 Å². The second-order valence-electron chi connectivity index (χ2n) is 12.7. The van der Waals surface area contributed by atoms with Crippen molar-refractivity contribution in [2.24, 2.45) is 10.2 Å². The summed E-state index contributed by atoms with van der Waals surface area (Å²) in [7, 11) is 16.6. The third kappa shape index (κ3) is 10.1. The minimum Gasteiger partial charge on any atom is -1.00 e. The molecular weight excluding hydrogens is 768 g/mol. The van der Waals surface area contributed by atoms with Crippen LogP contribution in [0.3, 0.4) is 0 Å². The highest BCUT2D eigenvalue weighted by Gasteiger charge is 2.15. The summed E-state index contributed by atoms with van der Waals surface area (Å²) in [6, 6.07) is 29.5. The van der Waals surface area contributed by atoms with Gasteiger partial charge in [-0.3, -0.25) is 19.0 Å². The molecule has 0 N–H and O–H groups in total. The number of rotatable bonds is 8. The molecule has 0 unspecified atom stereocenters. The lowest BCUT2D eigenvalue weighted by Crippen LogP contribution is -3.00. The minimum atomic E-state index is 0. The van der Waals surface area contributed by atoms with Gasteiger partial charge in [0.2, 0.25) is 0 Å². The zero-order chi connectivity index (χ0) is 35.4. The van der Waals surface area contributed by atoms with E-state index in [1.807, 2.05) is 47.8 Å². The van der Waals surface area contributed by atoms with Gasteiger partial charge in [-0.05, 0) is 107 Å². The lowest BCUT2D eigenvalue weighted by atomic mass is 10.2. The van der Waals surface area contributed by atoms with Gasteiger partial charge in [0.1, 0.15) is 10.0 Å². The molecule has 4 aromatic carbocycles. The molecule has 0 aliphatic rings. The Balaban J connectivity index is 0.00000302. The molecule has 0 saturated heterocycles. The van der Waals surface area contributed by atoms with Crippen LogP contribution in [0.4, 0.5) is 11.4 Å². The lowest BCUT2D eigenvalue weighted by molar-refractivity contribution is -0.466. The smallest absolute Gasteiger partial charge is 0.307 e. The van der Waals surface area contributed by atoms with Gasteiger partial charge in [0.05, 0.1) is 88.2 Å². The maximum absolute atomic E-state index is 4.96. The SMILES string of the molecule is CN(C)C(SCc1ccc2sc(-c3ccc(N=Nc4ccc(-c5nc6cc(CSC(N(C)C)=[N+](C)C)ccc6s5)cc4)cc3)nc2c1)=[N+](C)C.[Cl-].[Cl-]. The van der Waals surface area contributed by atoms with Crippen molar-refractivity contribution in [2.75, 3.05) is 56.4 Å². The van der Waals surface area contributed by atoms with E-state index in [4.69, 9.17) is 9.97 Å². The molecule has 0 saturated carbocycles. The van der Waals surface area contributed by atoms with Crippen LogP contribution < -0.4 is 24.8 Å². The average Bonchev–Trinajstić information content (AvgIpc) is 3.71. The highest BCUT2D eigenvalue weighted by Crippen LogP contribution is 2.34. The van der Waals surface area contributed by atoms with E-state index in [1.54, 1.807) is 22.7 Å². The van der Waals surface area contributed by atoms with Gasteiger partial charge in [-0.15, -0.1) is 22.7 Å². The van der Waals surface area contributed by atoms with Crippen molar-refractivity contribution in [3.05, 3.63) is 96.1 Å². The van der Waals surface area contributed by atoms with Gasteiger partial charge in [-0.25, -0.2) is 9.97 Å². The molecule has 2 aromatic heterocycles. The van der Waals surface area contributed by atoms with Crippen LogP contribution in [0.5, 0.6) is 0 Å². The van der Waals surface area contributed by atoms with E-state index in [0.717, 1.165) is 55.1 Å². The summed E-state index contributed by atoms with van der Waals surface area (Å²) in [5.74, 6) is 1.79. The van der Waals surface area contributed by atoms with E-state index < -0.39 is 0 Å². The molecule has 0 atom stereocenters. The number of hydrogen-bond donors (Lipinski definition) is 0. The molecule has 0 aliphatic carbocycles. The minimum absolute atomic E-state index is 0. The van der Waals surface area contributed by atoms with Crippen molar-refractivity contribution in [3.8, 4) is 21.1 Å². The van der Waals surface area contributed by atoms with Gasteiger partial charge in [-0.2, -0.15) is 10.2 Å². The van der Waals surface area contributed by atoms with Gasteiger partial charge >= 0.3 is 10.3 Å². The Morgan fingerprint density at radius 3 is 1.27 bits per heavy atom. The Morgan fingerprint density at radius 2 is 0.942 bits per heavy atom. The fourth-order valence-electron chi connectivity index (χ4n) is 5.44. The fraction of sp³-hybridized carbons (Fsp3) is 0.263. The topological polar surface area (TPSA) is 63.0 Å². The molecule has 0 aliphatic heterocycles. The third-order valence-corrected chi connectivity index (χ3v) is 12.8. The number of nitrogens with zero attached hydrogens (tertiary/aromatic N) is 8. The number of benzene rings is 4. The predicted octanol–water partition coefficient (Wildman–Crippen LogP) is 3.51. The first kappa shape index (κ1) is 41.2. The van der Waals surface area contributed by atoms with E-state index in [-0.39, 0.29) is 24.8 Å². The van der Waals surface area contributed by atoms with Crippen LogP contribution in [0.15, 0.2) is 95.2 Å². The van der Waals surface area contributed by atoms with E-state index in [1.165, 1.54) is 30.9 Å². The molecule has 2 heterocycles. The highest BCUT2D eigenvalue weighted by atomic mass is 35.5. The monoisotopic (exact) mass is 808 g/mol. The van der Waals surface area contributed by atoms with Crippen LogP contribution in [0.2, 0.25) is 0 Å². The Kier molecular flexibility index (Phi) is 14.7. The molecule has 8 nitrogen and oxygen atoms in total. The molecule has 0 amide bonds. The second-order valence-corrected chi connectivity index (χ2v) is 16.6. The van der Waals surface area contributed by atoms with Crippen molar-refractivity contribution >= 4 is 88.3 Å². The molecule has 6 rings (SSSR count). The van der Waals surface area contributed by atoms with Crippen LogP contribution in [0.25, 0.3) is 41.6 Å². The van der Waals surface area contributed by atoms with Crippen LogP contribution in [-0.4, -0.2) is 95.6 Å². The van der Waals surface area contributed by atoms with Crippen molar-refractivity contribution in [1.82, 2.24) is 19.8 Å². The van der Waals surface area contributed by atoms with Crippen LogP contribution in [-0.2, 0) is 11.5 Å².